The zero-order valence-corrected chi connectivity index (χ0v) is 71.4. The summed E-state index contributed by atoms with van der Waals surface area (Å²) in [5.41, 5.74) is 33.9. The van der Waals surface area contributed by atoms with Crippen LogP contribution in [0.15, 0.2) is 299 Å². The fourth-order valence-electron chi connectivity index (χ4n) is 17.4. The third kappa shape index (κ3) is 16.1. The maximum absolute atomic E-state index is 14.4. The Kier molecular flexibility index (Phi) is 21.6. The van der Waals surface area contributed by atoms with E-state index in [4.69, 9.17) is 25.7 Å². The van der Waals surface area contributed by atoms with E-state index >= 15 is 0 Å². The van der Waals surface area contributed by atoms with Gasteiger partial charge in [0, 0.05) is 164 Å². The van der Waals surface area contributed by atoms with Crippen molar-refractivity contribution in [2.24, 2.45) is 5.92 Å². The second-order valence-corrected chi connectivity index (χ2v) is 32.8. The third-order valence-corrected chi connectivity index (χ3v) is 24.2. The molecule has 0 aliphatic heterocycles. The number of hydrogen-bond acceptors (Lipinski definition) is 18. The van der Waals surface area contributed by atoms with Crippen LogP contribution in [0, 0.1) is 36.1 Å². The van der Waals surface area contributed by atoms with E-state index in [0.717, 1.165) is 152 Å². The van der Waals surface area contributed by atoms with Gasteiger partial charge in [0.1, 0.15) is 62.6 Å². The molecule has 24 aromatic rings. The Labute approximate surface area is 758 Å². The van der Waals surface area contributed by atoms with E-state index in [0.29, 0.717) is 102 Å². The Morgan fingerprint density at radius 2 is 0.694 bits per heavy atom. The maximum Gasteiger partial charge on any atom is 0.159 e. The van der Waals surface area contributed by atoms with Gasteiger partial charge >= 0.3 is 0 Å². The number of anilines is 1. The molecule has 0 atom stereocenters. The van der Waals surface area contributed by atoms with Crippen LogP contribution in [-0.2, 0) is 6.54 Å². The number of aromatic nitrogens is 24. The van der Waals surface area contributed by atoms with Crippen molar-refractivity contribution in [3.8, 4) is 135 Å². The molecule has 16 aromatic heterocycles. The Morgan fingerprint density at radius 1 is 0.313 bits per heavy atom. The third-order valence-electron chi connectivity index (χ3n) is 24.2. The summed E-state index contributed by atoms with van der Waals surface area (Å²) in [5, 5.41) is 37.7. The highest BCUT2D eigenvalue weighted by molar-refractivity contribution is 6.03. The van der Waals surface area contributed by atoms with Crippen LogP contribution in [0.1, 0.15) is 36.8 Å². The number of hydrogen-bond donors (Lipinski definition) is 10. The Balaban J connectivity index is 0.000000104. The highest BCUT2D eigenvalue weighted by Gasteiger charge is 2.25. The van der Waals surface area contributed by atoms with Crippen LogP contribution in [0.5, 0.6) is 0 Å². The number of nitrogens with two attached hydrogens (primary N) is 1. The van der Waals surface area contributed by atoms with Crippen LogP contribution < -0.4 is 11.1 Å². The molecule has 26 nitrogen and oxygen atoms in total. The van der Waals surface area contributed by atoms with Crippen molar-refractivity contribution in [2.75, 3.05) is 12.3 Å². The number of imidazole rings is 4. The first-order chi connectivity index (χ1) is 65.8. The molecule has 650 valence electrons. The highest BCUT2D eigenvalue weighted by atomic mass is 19.1. The number of nitrogen functional groups attached to an aromatic ring is 1. The summed E-state index contributed by atoms with van der Waals surface area (Å²) < 4.78 is 56.8. The zero-order valence-electron chi connectivity index (χ0n) is 71.4. The molecule has 8 aromatic carbocycles. The van der Waals surface area contributed by atoms with Crippen LogP contribution in [0.2, 0.25) is 0 Å². The molecule has 134 heavy (non-hydrogen) atoms. The minimum atomic E-state index is -0.322. The van der Waals surface area contributed by atoms with E-state index in [9.17, 15) is 17.6 Å². The van der Waals surface area contributed by atoms with Crippen molar-refractivity contribution in [1.82, 2.24) is 126 Å². The molecule has 0 radical (unpaired) electrons. The molecule has 1 aliphatic carbocycles. The average Bonchev–Trinajstić information content (AvgIpc) is 1.62. The number of nitrogens with zero attached hydrogens (tertiary/aromatic N) is 16. The van der Waals surface area contributed by atoms with E-state index in [1.54, 1.807) is 141 Å². The Bertz CT molecular complexity index is 8520. The molecule has 0 saturated heterocycles. The maximum atomic E-state index is 14.4. The van der Waals surface area contributed by atoms with Crippen molar-refractivity contribution in [1.29, 1.82) is 0 Å². The van der Waals surface area contributed by atoms with Gasteiger partial charge in [-0.1, -0.05) is 110 Å². The summed E-state index contributed by atoms with van der Waals surface area (Å²) in [5.74, 6) is 1.99. The summed E-state index contributed by atoms with van der Waals surface area (Å²) in [7, 11) is 0. The fraction of sp³-hybridized carbons (Fsp3) is 0.0769. The van der Waals surface area contributed by atoms with Gasteiger partial charge in [-0.15, -0.1) is 0 Å². The molecule has 0 unspecified atom stereocenters. The molecule has 0 spiro atoms. The molecule has 1 saturated carbocycles. The standard InChI is InChI=1S/C31H28FN7.C25H17FN6.C24H16FN7.C24H15FN6/c32-24-8-5-21(6-9-24)26-17-35-18-28-29(26)37-31(36-28)30-25-12-22(7-10-27(25)38-39-30)23-11-20(15-34-16-23)14-33-13-19-3-1-2-4-19;1-14-8-9-27-11-18(14)15-6-7-21-17(10-15)24(32-31-21)25-29-22-13-28-12-19(23(22)30-25)16-4-2-3-5-20(16)26;25-19-4-2-1-3-16(19)18-11-28-12-21-22(18)30-24(29-21)23-17-8-13(5-6-20(17)31-32-23)14-7-15(26)10-27-9-14;25-19-6-2-1-5-16(19)18-12-27-13-21-22(18)29-24(28-21)23-17-10-14(7-8-20(17)30-31-23)15-4-3-9-26-11-15/h5-12,15-19,33H,1-4,13-14H2,(H,36,37)(H,38,39);2-13H,1H3,(H,29,30)(H,31,32);1-12H,26H2,(H,29,30)(H,31,32);1-13H,(H,28,29)(H,30,31). The quantitative estimate of drug-likeness (QED) is 0.0402. The van der Waals surface area contributed by atoms with Gasteiger partial charge in [-0.2, -0.15) is 20.4 Å². The van der Waals surface area contributed by atoms with Gasteiger partial charge in [0.25, 0.3) is 0 Å². The number of benzene rings is 8. The van der Waals surface area contributed by atoms with E-state index in [1.165, 1.54) is 61.6 Å². The highest BCUT2D eigenvalue weighted by Crippen LogP contribution is 2.41. The molecule has 1 fully saturated rings. The summed E-state index contributed by atoms with van der Waals surface area (Å²) >= 11 is 0. The molecule has 0 amide bonds. The lowest BCUT2D eigenvalue weighted by molar-refractivity contribution is 0.489. The molecule has 30 heteroatoms. The van der Waals surface area contributed by atoms with Gasteiger partial charge in [-0.25, -0.2) is 37.5 Å². The van der Waals surface area contributed by atoms with Gasteiger partial charge in [-0.3, -0.25) is 60.3 Å². The number of fused-ring (bicyclic) bond motifs is 8. The molecular weight excluding hydrogens is 1690 g/mol. The second kappa shape index (κ2) is 35.3. The summed E-state index contributed by atoms with van der Waals surface area (Å²) in [6.45, 7) is 3.96. The van der Waals surface area contributed by atoms with Crippen molar-refractivity contribution in [3.63, 3.8) is 0 Å². The Morgan fingerprint density at radius 3 is 1.13 bits per heavy atom. The minimum absolute atomic E-state index is 0.276. The minimum Gasteiger partial charge on any atom is -0.397 e. The number of rotatable bonds is 16. The van der Waals surface area contributed by atoms with Gasteiger partial charge in [0.05, 0.1) is 80.1 Å². The molecular formula is C104H76F4N26. The first-order valence-electron chi connectivity index (χ1n) is 43.3. The number of aryl methyl sites for hydroxylation is 1. The predicted molar refractivity (Wildman–Crippen MR) is 513 cm³/mol. The largest absolute Gasteiger partial charge is 0.397 e. The van der Waals surface area contributed by atoms with Crippen molar-refractivity contribution in [2.45, 2.75) is 39.2 Å². The van der Waals surface area contributed by atoms with Gasteiger partial charge in [0.2, 0.25) is 0 Å². The monoisotopic (exact) mass is 1760 g/mol. The first kappa shape index (κ1) is 81.9. The van der Waals surface area contributed by atoms with Crippen molar-refractivity contribution < 1.29 is 17.6 Å². The van der Waals surface area contributed by atoms with Crippen molar-refractivity contribution >= 4 is 93.4 Å². The van der Waals surface area contributed by atoms with Crippen LogP contribution in [0.3, 0.4) is 0 Å². The number of H-pyrrole nitrogens is 8. The lowest BCUT2D eigenvalue weighted by Gasteiger charge is -2.11. The van der Waals surface area contributed by atoms with Crippen LogP contribution in [-0.4, -0.2) is 127 Å². The number of aromatic amines is 8. The van der Waals surface area contributed by atoms with Crippen LogP contribution in [0.25, 0.3) is 223 Å². The predicted octanol–water partition coefficient (Wildman–Crippen LogP) is 22.6. The summed E-state index contributed by atoms with van der Waals surface area (Å²) in [4.78, 5) is 66.8. The number of halogens is 4. The number of nitrogens with one attached hydrogen (secondary N) is 9. The van der Waals surface area contributed by atoms with Crippen molar-refractivity contribution in [3.05, 3.63) is 334 Å². The van der Waals surface area contributed by atoms with E-state index in [-0.39, 0.29) is 23.3 Å². The van der Waals surface area contributed by atoms with E-state index in [2.05, 4.69) is 143 Å². The second-order valence-electron chi connectivity index (χ2n) is 32.8. The lowest BCUT2D eigenvalue weighted by atomic mass is 10.0. The van der Waals surface area contributed by atoms with E-state index in [1.807, 2.05) is 97.6 Å². The van der Waals surface area contributed by atoms with Gasteiger partial charge in [0.15, 0.2) is 23.3 Å². The van der Waals surface area contributed by atoms with Gasteiger partial charge < -0.3 is 31.0 Å². The molecule has 0 bridgehead atoms. The van der Waals surface area contributed by atoms with Crippen LogP contribution >= 0.6 is 0 Å². The smallest absolute Gasteiger partial charge is 0.159 e. The Hall–Kier alpha value is -17.8. The zero-order chi connectivity index (χ0) is 90.3. The topological polar surface area (TPSA) is 371 Å². The normalized spacial score (nSPS) is 12.2. The molecule has 11 N–H and O–H groups in total. The lowest BCUT2D eigenvalue weighted by Crippen LogP contribution is -2.20. The first-order valence-corrected chi connectivity index (χ1v) is 43.3. The number of pyridine rings is 8. The molecule has 16 heterocycles. The molecule has 25 rings (SSSR count). The summed E-state index contributed by atoms with van der Waals surface area (Å²) in [6.07, 6.45) is 33.3. The summed E-state index contributed by atoms with van der Waals surface area (Å²) in [6, 6.07) is 60.7. The molecule has 1 aliphatic rings. The van der Waals surface area contributed by atoms with Gasteiger partial charge in [-0.05, 0) is 174 Å². The average molecular weight is 1770 g/mol. The van der Waals surface area contributed by atoms with Crippen LogP contribution in [0.4, 0.5) is 23.2 Å². The van der Waals surface area contributed by atoms with E-state index < -0.39 is 0 Å². The fourth-order valence-corrected chi connectivity index (χ4v) is 17.4. The SMILES string of the molecule is Cc1ccncc1-c1ccc2[nH]nc(-c3nc4c(-c5ccccc5F)cncc4[nH]3)c2c1.Fc1ccc(-c2cncc3[nH]c(-c4n[nH]c5ccc(-c6cncc(CNCC7CCCC7)c6)cc45)nc23)cc1.Fc1ccccc1-c1cncc2[nH]c(-c3n[nH]c4ccc(-c5cccnc5)cc34)nc12.Nc1cncc(-c2ccc3[nH]nc(-c4nc5c(-c6ccccc6F)cncc5[nH]4)c3c2)c1.